The second-order valence-electron chi connectivity index (χ2n) is 5.81. The summed E-state index contributed by atoms with van der Waals surface area (Å²) in [5, 5.41) is 9.61. The maximum absolute atomic E-state index is 11.9. The first-order valence-electron chi connectivity index (χ1n) is 7.52. The minimum absolute atomic E-state index is 0.0354. The Morgan fingerprint density at radius 1 is 1.33 bits per heavy atom. The molecule has 1 saturated carbocycles. The van der Waals surface area contributed by atoms with Crippen LogP contribution in [0, 0.1) is 5.41 Å². The zero-order valence-electron chi connectivity index (χ0n) is 11.6. The summed E-state index contributed by atoms with van der Waals surface area (Å²) in [7, 11) is 0. The van der Waals surface area contributed by atoms with Crippen LogP contribution in [0.4, 0.5) is 4.79 Å². The molecule has 0 aromatic heterocycles. The summed E-state index contributed by atoms with van der Waals surface area (Å²) in [4.78, 5) is 11.9. The van der Waals surface area contributed by atoms with Crippen molar-refractivity contribution >= 4 is 6.03 Å². The second-order valence-corrected chi connectivity index (χ2v) is 5.81. The SMILES string of the molecule is CCCCNC(=O)NC1CCCC12CCNCC2. The predicted octanol–water partition coefficient (Wildman–Crippen LogP) is 2.01. The largest absolute Gasteiger partial charge is 0.338 e. The van der Waals surface area contributed by atoms with E-state index in [1.807, 2.05) is 0 Å². The molecule has 4 heteroatoms. The smallest absolute Gasteiger partial charge is 0.315 e. The Bertz CT molecular complexity index is 274. The highest BCUT2D eigenvalue weighted by Gasteiger charge is 2.43. The van der Waals surface area contributed by atoms with Crippen molar-refractivity contribution in [2.75, 3.05) is 19.6 Å². The van der Waals surface area contributed by atoms with Gasteiger partial charge in [0.15, 0.2) is 0 Å². The molecule has 1 saturated heterocycles. The summed E-state index contributed by atoms with van der Waals surface area (Å²) in [6, 6.07) is 0.425. The van der Waals surface area contributed by atoms with E-state index >= 15 is 0 Å². The average Bonchev–Trinajstić information content (AvgIpc) is 2.73. The summed E-state index contributed by atoms with van der Waals surface area (Å²) in [5.41, 5.74) is 0.382. The lowest BCUT2D eigenvalue weighted by Crippen LogP contribution is -2.51. The topological polar surface area (TPSA) is 53.2 Å². The van der Waals surface area contributed by atoms with Gasteiger partial charge in [0.1, 0.15) is 0 Å². The van der Waals surface area contributed by atoms with Crippen LogP contribution in [-0.2, 0) is 0 Å². The number of rotatable bonds is 4. The molecule has 2 amide bonds. The van der Waals surface area contributed by atoms with Crippen molar-refractivity contribution in [3.05, 3.63) is 0 Å². The number of unbranched alkanes of at least 4 members (excludes halogenated alkanes) is 1. The molecule has 2 rings (SSSR count). The molecule has 0 radical (unpaired) electrons. The van der Waals surface area contributed by atoms with Crippen molar-refractivity contribution in [2.45, 2.75) is 57.9 Å². The zero-order valence-corrected chi connectivity index (χ0v) is 11.6. The molecule has 1 atom stereocenters. The minimum Gasteiger partial charge on any atom is -0.338 e. The van der Waals surface area contributed by atoms with E-state index in [9.17, 15) is 4.79 Å². The Morgan fingerprint density at radius 3 is 2.83 bits per heavy atom. The number of hydrogen-bond donors (Lipinski definition) is 3. The van der Waals surface area contributed by atoms with E-state index in [1.54, 1.807) is 0 Å². The van der Waals surface area contributed by atoms with Crippen LogP contribution < -0.4 is 16.0 Å². The lowest BCUT2D eigenvalue weighted by molar-refractivity contribution is 0.159. The fraction of sp³-hybridized carbons (Fsp3) is 0.929. The van der Waals surface area contributed by atoms with Crippen molar-refractivity contribution in [1.82, 2.24) is 16.0 Å². The highest BCUT2D eigenvalue weighted by molar-refractivity contribution is 5.74. The number of piperidine rings is 1. The molecular weight excluding hydrogens is 226 g/mol. The van der Waals surface area contributed by atoms with E-state index in [-0.39, 0.29) is 6.03 Å². The van der Waals surface area contributed by atoms with Gasteiger partial charge in [-0.15, -0.1) is 0 Å². The third-order valence-electron chi connectivity index (χ3n) is 4.63. The molecule has 2 aliphatic rings. The second kappa shape index (κ2) is 6.41. The van der Waals surface area contributed by atoms with Crippen LogP contribution in [0.1, 0.15) is 51.9 Å². The van der Waals surface area contributed by atoms with E-state index in [2.05, 4.69) is 22.9 Å². The van der Waals surface area contributed by atoms with E-state index in [0.29, 0.717) is 11.5 Å². The molecule has 3 N–H and O–H groups in total. The first-order chi connectivity index (χ1) is 8.77. The van der Waals surface area contributed by atoms with Crippen molar-refractivity contribution in [1.29, 1.82) is 0 Å². The summed E-state index contributed by atoms with van der Waals surface area (Å²) < 4.78 is 0. The number of nitrogens with one attached hydrogen (secondary N) is 3. The maximum atomic E-state index is 11.9. The highest BCUT2D eigenvalue weighted by Crippen LogP contribution is 2.45. The highest BCUT2D eigenvalue weighted by atomic mass is 16.2. The number of carbonyl (C=O) groups excluding carboxylic acids is 1. The minimum atomic E-state index is 0.0354. The molecular formula is C14H27N3O. The first-order valence-corrected chi connectivity index (χ1v) is 7.52. The van der Waals surface area contributed by atoms with Crippen LogP contribution in [0.25, 0.3) is 0 Å². The molecule has 18 heavy (non-hydrogen) atoms. The van der Waals surface area contributed by atoms with Gasteiger partial charge in [-0.2, -0.15) is 0 Å². The lowest BCUT2D eigenvalue weighted by Gasteiger charge is -2.39. The molecule has 2 fully saturated rings. The van der Waals surface area contributed by atoms with Crippen LogP contribution in [-0.4, -0.2) is 31.7 Å². The first kappa shape index (κ1) is 13.7. The molecule has 4 nitrogen and oxygen atoms in total. The molecule has 1 aliphatic heterocycles. The number of urea groups is 1. The van der Waals surface area contributed by atoms with Gasteiger partial charge in [-0.1, -0.05) is 19.8 Å². The zero-order chi connectivity index (χ0) is 12.8. The molecule has 1 heterocycles. The van der Waals surface area contributed by atoms with Crippen LogP contribution in [0.15, 0.2) is 0 Å². The van der Waals surface area contributed by atoms with Crippen molar-refractivity contribution in [3.8, 4) is 0 Å². The number of carbonyl (C=O) groups is 1. The van der Waals surface area contributed by atoms with Gasteiger partial charge in [-0.3, -0.25) is 0 Å². The standard InChI is InChI=1S/C14H27N3O/c1-2-3-9-16-13(18)17-12-5-4-6-14(12)7-10-15-11-8-14/h12,15H,2-11H2,1H3,(H2,16,17,18). The van der Waals surface area contributed by atoms with Gasteiger partial charge in [0.25, 0.3) is 0 Å². The summed E-state index contributed by atoms with van der Waals surface area (Å²) in [6.45, 7) is 5.15. The molecule has 0 aromatic carbocycles. The van der Waals surface area contributed by atoms with Crippen LogP contribution in [0.3, 0.4) is 0 Å². The molecule has 104 valence electrons. The fourth-order valence-corrected chi connectivity index (χ4v) is 3.48. The summed E-state index contributed by atoms with van der Waals surface area (Å²) >= 11 is 0. The molecule has 0 bridgehead atoms. The van der Waals surface area contributed by atoms with Gasteiger partial charge < -0.3 is 16.0 Å². The van der Waals surface area contributed by atoms with Crippen molar-refractivity contribution < 1.29 is 4.79 Å². The van der Waals surface area contributed by atoms with Gasteiger partial charge in [-0.05, 0) is 50.6 Å². The molecule has 1 aliphatic carbocycles. The van der Waals surface area contributed by atoms with Gasteiger partial charge >= 0.3 is 6.03 Å². The van der Waals surface area contributed by atoms with Gasteiger partial charge in [-0.25, -0.2) is 4.79 Å². The Hall–Kier alpha value is -0.770. The maximum Gasteiger partial charge on any atom is 0.315 e. The number of amides is 2. The normalized spacial score (nSPS) is 26.2. The summed E-state index contributed by atoms with van der Waals surface area (Å²) in [6.07, 6.45) is 8.32. The quantitative estimate of drug-likeness (QED) is 0.671. The Kier molecular flexibility index (Phi) is 4.87. The van der Waals surface area contributed by atoms with Crippen molar-refractivity contribution in [2.24, 2.45) is 5.41 Å². The molecule has 0 aromatic rings. The monoisotopic (exact) mass is 253 g/mol. The predicted molar refractivity (Wildman–Crippen MR) is 73.6 cm³/mol. The van der Waals surface area contributed by atoms with E-state index in [4.69, 9.17) is 0 Å². The van der Waals surface area contributed by atoms with Gasteiger partial charge in [0.2, 0.25) is 0 Å². The molecule has 1 unspecified atom stereocenters. The van der Waals surface area contributed by atoms with E-state index in [1.165, 1.54) is 25.7 Å². The average molecular weight is 253 g/mol. The Labute approximate surface area is 110 Å². The lowest BCUT2D eigenvalue weighted by atomic mass is 9.74. The van der Waals surface area contributed by atoms with E-state index < -0.39 is 0 Å². The van der Waals surface area contributed by atoms with Crippen LogP contribution in [0.5, 0.6) is 0 Å². The third-order valence-corrected chi connectivity index (χ3v) is 4.63. The van der Waals surface area contributed by atoms with Gasteiger partial charge in [0.05, 0.1) is 0 Å². The Morgan fingerprint density at radius 2 is 2.11 bits per heavy atom. The fourth-order valence-electron chi connectivity index (χ4n) is 3.48. The van der Waals surface area contributed by atoms with Crippen molar-refractivity contribution in [3.63, 3.8) is 0 Å². The van der Waals surface area contributed by atoms with Crippen LogP contribution >= 0.6 is 0 Å². The van der Waals surface area contributed by atoms with E-state index in [0.717, 1.165) is 38.9 Å². The Balaban J connectivity index is 1.82. The number of hydrogen-bond acceptors (Lipinski definition) is 2. The molecule has 1 spiro atoms. The van der Waals surface area contributed by atoms with Crippen LogP contribution in [0.2, 0.25) is 0 Å². The third kappa shape index (κ3) is 3.16. The van der Waals surface area contributed by atoms with Gasteiger partial charge in [0, 0.05) is 12.6 Å². The summed E-state index contributed by atoms with van der Waals surface area (Å²) in [5.74, 6) is 0.